The molecule has 2 aromatic carbocycles. The van der Waals surface area contributed by atoms with Crippen LogP contribution in [0, 0.1) is 19.7 Å². The van der Waals surface area contributed by atoms with Crippen molar-refractivity contribution in [2.45, 2.75) is 46.5 Å². The van der Waals surface area contributed by atoms with Crippen LogP contribution in [0.2, 0.25) is 0 Å². The molecule has 0 saturated heterocycles. The number of nitrogens with zero attached hydrogens (tertiary/aromatic N) is 2. The van der Waals surface area contributed by atoms with E-state index in [2.05, 4.69) is 50.0 Å². The minimum Gasteiger partial charge on any atom is -0.256 e. The van der Waals surface area contributed by atoms with Gasteiger partial charge in [0.2, 0.25) is 0 Å². The first-order chi connectivity index (χ1) is 14.5. The fraction of sp³-hybridized carbons (Fsp3) is 0.259. The van der Waals surface area contributed by atoms with Crippen molar-refractivity contribution < 1.29 is 4.39 Å². The summed E-state index contributed by atoms with van der Waals surface area (Å²) in [4.78, 5) is 9.47. The zero-order chi connectivity index (χ0) is 21.1. The number of halogens is 1. The van der Waals surface area contributed by atoms with Crippen molar-refractivity contribution in [2.24, 2.45) is 0 Å². The Morgan fingerprint density at radius 1 is 0.900 bits per heavy atom. The van der Waals surface area contributed by atoms with Crippen LogP contribution < -0.4 is 0 Å². The molecular formula is C27H27FN2. The minimum absolute atomic E-state index is 0.220. The normalized spacial score (nSPS) is 11.2. The lowest BCUT2D eigenvalue weighted by Crippen LogP contribution is -2.03. The molecule has 0 fully saturated rings. The average Bonchev–Trinajstić information content (AvgIpc) is 2.75. The smallest absolute Gasteiger partial charge is 0.123 e. The third-order valence-electron chi connectivity index (χ3n) is 5.70. The monoisotopic (exact) mass is 398 g/mol. The number of fused-ring (bicyclic) bond motifs is 1. The van der Waals surface area contributed by atoms with Crippen LogP contribution in [0.3, 0.4) is 0 Å². The van der Waals surface area contributed by atoms with Crippen molar-refractivity contribution in [1.82, 2.24) is 9.97 Å². The first kappa shape index (κ1) is 20.2. The van der Waals surface area contributed by atoms with Crippen molar-refractivity contribution in [3.8, 4) is 11.3 Å². The predicted octanol–water partition coefficient (Wildman–Crippen LogP) is 6.79. The maximum Gasteiger partial charge on any atom is 0.123 e. The van der Waals surface area contributed by atoms with Crippen molar-refractivity contribution in [3.63, 3.8) is 0 Å². The highest BCUT2D eigenvalue weighted by Gasteiger charge is 2.12. The number of aromatic nitrogens is 2. The number of hydrogen-bond acceptors (Lipinski definition) is 2. The van der Waals surface area contributed by atoms with Crippen LogP contribution in [0.1, 0.15) is 41.3 Å². The standard InChI is InChI=1S/C27H27FN2/c1-4-6-22-17-25(30-27(19(22)3)21-9-11-24(28)12-10-21)13-8-20-15-18(2)26-23(16-20)7-5-14-29-26/h5,7,9-12,14-17H,4,6,8,13H2,1-3H3. The van der Waals surface area contributed by atoms with E-state index in [0.29, 0.717) is 0 Å². The molecule has 0 atom stereocenters. The lowest BCUT2D eigenvalue weighted by Gasteiger charge is -2.14. The van der Waals surface area contributed by atoms with Crippen molar-refractivity contribution in [3.05, 3.63) is 94.6 Å². The van der Waals surface area contributed by atoms with Gasteiger partial charge in [-0.05, 0) is 97.8 Å². The van der Waals surface area contributed by atoms with Gasteiger partial charge in [0.15, 0.2) is 0 Å². The number of aryl methyl sites for hydroxylation is 4. The predicted molar refractivity (Wildman–Crippen MR) is 122 cm³/mol. The zero-order valence-electron chi connectivity index (χ0n) is 17.9. The van der Waals surface area contributed by atoms with E-state index in [0.717, 1.165) is 48.2 Å². The van der Waals surface area contributed by atoms with Crippen LogP contribution >= 0.6 is 0 Å². The molecule has 3 heteroatoms. The van der Waals surface area contributed by atoms with Crippen LogP contribution in [0.25, 0.3) is 22.2 Å². The van der Waals surface area contributed by atoms with Gasteiger partial charge >= 0.3 is 0 Å². The summed E-state index contributed by atoms with van der Waals surface area (Å²) in [6.45, 7) is 6.44. The molecule has 0 spiro atoms. The number of hydrogen-bond donors (Lipinski definition) is 0. The highest BCUT2D eigenvalue weighted by molar-refractivity contribution is 5.82. The minimum atomic E-state index is -0.220. The Morgan fingerprint density at radius 3 is 2.47 bits per heavy atom. The van der Waals surface area contributed by atoms with Gasteiger partial charge in [-0.1, -0.05) is 25.5 Å². The van der Waals surface area contributed by atoms with E-state index < -0.39 is 0 Å². The van der Waals surface area contributed by atoms with Crippen LogP contribution in [0.5, 0.6) is 0 Å². The molecule has 0 saturated carbocycles. The van der Waals surface area contributed by atoms with E-state index in [1.807, 2.05) is 24.4 Å². The Bertz CT molecular complexity index is 1180. The van der Waals surface area contributed by atoms with E-state index in [9.17, 15) is 4.39 Å². The molecule has 0 aliphatic rings. The molecule has 4 rings (SSSR count). The largest absolute Gasteiger partial charge is 0.256 e. The summed E-state index contributed by atoms with van der Waals surface area (Å²) in [6.07, 6.45) is 5.75. The zero-order valence-corrected chi connectivity index (χ0v) is 17.9. The SMILES string of the molecule is CCCc1cc(CCc2cc(C)c3ncccc3c2)nc(-c2ccc(F)cc2)c1C. The molecule has 0 radical (unpaired) electrons. The summed E-state index contributed by atoms with van der Waals surface area (Å²) in [6, 6.07) is 17.5. The first-order valence-corrected chi connectivity index (χ1v) is 10.6. The van der Waals surface area contributed by atoms with Gasteiger partial charge in [0.1, 0.15) is 5.82 Å². The molecule has 2 nitrogen and oxygen atoms in total. The lowest BCUT2D eigenvalue weighted by atomic mass is 9.96. The van der Waals surface area contributed by atoms with Crippen LogP contribution in [-0.2, 0) is 19.3 Å². The Labute approximate surface area is 177 Å². The molecule has 0 aliphatic carbocycles. The molecule has 0 bridgehead atoms. The van der Waals surface area contributed by atoms with E-state index in [-0.39, 0.29) is 5.82 Å². The van der Waals surface area contributed by atoms with Gasteiger partial charge in [-0.25, -0.2) is 4.39 Å². The van der Waals surface area contributed by atoms with Gasteiger partial charge in [-0.15, -0.1) is 0 Å². The van der Waals surface area contributed by atoms with Crippen LogP contribution in [0.15, 0.2) is 60.8 Å². The highest BCUT2D eigenvalue weighted by Crippen LogP contribution is 2.27. The van der Waals surface area contributed by atoms with Gasteiger partial charge in [0.25, 0.3) is 0 Å². The summed E-state index contributed by atoms with van der Waals surface area (Å²) in [7, 11) is 0. The molecule has 0 N–H and O–H groups in total. The maximum absolute atomic E-state index is 13.4. The Kier molecular flexibility index (Phi) is 5.89. The summed E-state index contributed by atoms with van der Waals surface area (Å²) in [5.74, 6) is -0.220. The molecular weight excluding hydrogens is 371 g/mol. The van der Waals surface area contributed by atoms with E-state index in [1.54, 1.807) is 0 Å². The molecule has 4 aromatic rings. The van der Waals surface area contributed by atoms with Gasteiger partial charge in [-0.2, -0.15) is 0 Å². The second-order valence-corrected chi connectivity index (χ2v) is 7.99. The molecule has 2 heterocycles. The summed E-state index contributed by atoms with van der Waals surface area (Å²) >= 11 is 0. The second kappa shape index (κ2) is 8.74. The fourth-order valence-electron chi connectivity index (χ4n) is 4.14. The lowest BCUT2D eigenvalue weighted by molar-refractivity contribution is 0.628. The van der Waals surface area contributed by atoms with Gasteiger partial charge < -0.3 is 0 Å². The number of benzene rings is 2. The molecule has 0 amide bonds. The Morgan fingerprint density at radius 2 is 1.70 bits per heavy atom. The summed E-state index contributed by atoms with van der Waals surface area (Å²) in [5, 5.41) is 1.18. The Balaban J connectivity index is 1.66. The van der Waals surface area contributed by atoms with Gasteiger partial charge in [0, 0.05) is 22.8 Å². The van der Waals surface area contributed by atoms with Gasteiger partial charge in [0.05, 0.1) is 11.2 Å². The summed E-state index contributed by atoms with van der Waals surface area (Å²) < 4.78 is 13.4. The third kappa shape index (κ3) is 4.25. The fourth-order valence-corrected chi connectivity index (χ4v) is 4.14. The first-order valence-electron chi connectivity index (χ1n) is 10.6. The van der Waals surface area contributed by atoms with E-state index in [1.165, 1.54) is 39.8 Å². The number of pyridine rings is 2. The van der Waals surface area contributed by atoms with Crippen molar-refractivity contribution >= 4 is 10.9 Å². The van der Waals surface area contributed by atoms with E-state index in [4.69, 9.17) is 4.98 Å². The summed E-state index contributed by atoms with van der Waals surface area (Å²) in [5.41, 5.74) is 9.14. The average molecular weight is 399 g/mol. The second-order valence-electron chi connectivity index (χ2n) is 7.99. The quantitative estimate of drug-likeness (QED) is 0.357. The van der Waals surface area contributed by atoms with Crippen molar-refractivity contribution in [2.75, 3.05) is 0 Å². The number of rotatable bonds is 6. The molecule has 152 valence electrons. The van der Waals surface area contributed by atoms with E-state index >= 15 is 0 Å². The third-order valence-corrected chi connectivity index (χ3v) is 5.70. The van der Waals surface area contributed by atoms with Crippen LogP contribution in [-0.4, -0.2) is 9.97 Å². The highest BCUT2D eigenvalue weighted by atomic mass is 19.1. The molecule has 0 unspecified atom stereocenters. The topological polar surface area (TPSA) is 25.8 Å². The Hall–Kier alpha value is -3.07. The van der Waals surface area contributed by atoms with Crippen molar-refractivity contribution in [1.29, 1.82) is 0 Å². The van der Waals surface area contributed by atoms with Crippen LogP contribution in [0.4, 0.5) is 4.39 Å². The maximum atomic E-state index is 13.4. The molecule has 0 aliphatic heterocycles. The molecule has 30 heavy (non-hydrogen) atoms. The van der Waals surface area contributed by atoms with Gasteiger partial charge in [-0.3, -0.25) is 9.97 Å². The molecule has 2 aromatic heterocycles.